The highest BCUT2D eigenvalue weighted by Gasteiger charge is 2.37. The Balaban J connectivity index is 2.42. The van der Waals surface area contributed by atoms with Gasteiger partial charge in [0.05, 0.1) is 11.3 Å². The van der Waals surface area contributed by atoms with Gasteiger partial charge in [0.15, 0.2) is 0 Å². The highest BCUT2D eigenvalue weighted by Crippen LogP contribution is 2.34. The Morgan fingerprint density at radius 1 is 1.22 bits per heavy atom. The minimum absolute atomic E-state index is 0.396. The van der Waals surface area contributed by atoms with Crippen LogP contribution in [0.4, 0.5) is 5.69 Å². The zero-order valence-corrected chi connectivity index (χ0v) is 10.6. The number of fused-ring (bicyclic) bond motifs is 1. The number of nitrogens with zero attached hydrogens (tertiary/aromatic N) is 1. The summed E-state index contributed by atoms with van der Waals surface area (Å²) in [6, 6.07) is 3.82. The van der Waals surface area contributed by atoms with Gasteiger partial charge in [-0.3, -0.25) is 9.59 Å². The molecule has 0 aliphatic carbocycles. The van der Waals surface area contributed by atoms with Crippen LogP contribution in [0.15, 0.2) is 12.1 Å². The van der Waals surface area contributed by atoms with Crippen molar-refractivity contribution in [1.29, 1.82) is 0 Å². The number of terminal acetylenes is 1. The first-order valence-electron chi connectivity index (χ1n) is 5.97. The molecule has 1 aliphatic heterocycles. The lowest BCUT2D eigenvalue weighted by Gasteiger charge is -2.18. The maximum Gasteiger partial charge on any atom is 0.299 e. The largest absolute Gasteiger partial charge is 0.304 e. The normalized spacial score (nSPS) is 13.7. The maximum atomic E-state index is 12.0. The van der Waals surface area contributed by atoms with E-state index in [0.29, 0.717) is 24.9 Å². The van der Waals surface area contributed by atoms with E-state index < -0.39 is 11.7 Å². The second kappa shape index (κ2) is 4.66. The first-order chi connectivity index (χ1) is 8.57. The highest BCUT2D eigenvalue weighted by molar-refractivity contribution is 6.52. The average Bonchev–Trinajstić information content (AvgIpc) is 2.60. The standard InChI is InChI=1S/C15H15NO2/c1-4-5-6-9-16-13-11(3)8-7-10(2)12(13)14(17)15(16)18/h1,7-8H,5-6,9H2,2-3H3. The summed E-state index contributed by atoms with van der Waals surface area (Å²) in [7, 11) is 0. The van der Waals surface area contributed by atoms with Gasteiger partial charge in [0.25, 0.3) is 11.7 Å². The number of hydrogen-bond donors (Lipinski definition) is 0. The first-order valence-corrected chi connectivity index (χ1v) is 5.97. The van der Waals surface area contributed by atoms with Crippen LogP contribution in [0, 0.1) is 26.2 Å². The Hall–Kier alpha value is -2.08. The Labute approximate surface area is 107 Å². The zero-order chi connectivity index (χ0) is 13.3. The summed E-state index contributed by atoms with van der Waals surface area (Å²) in [6.07, 6.45) is 6.52. The second-order valence-corrected chi connectivity index (χ2v) is 4.52. The van der Waals surface area contributed by atoms with Crippen molar-refractivity contribution in [2.24, 2.45) is 0 Å². The van der Waals surface area contributed by atoms with Crippen molar-refractivity contribution in [3.05, 3.63) is 28.8 Å². The number of carbonyl (C=O) groups excluding carboxylic acids is 2. The van der Waals surface area contributed by atoms with Gasteiger partial charge in [-0.2, -0.15) is 0 Å². The summed E-state index contributed by atoms with van der Waals surface area (Å²) in [6.45, 7) is 4.28. The van der Waals surface area contributed by atoms with Crippen LogP contribution in [0.25, 0.3) is 0 Å². The molecule has 0 unspecified atom stereocenters. The van der Waals surface area contributed by atoms with Gasteiger partial charge in [-0.25, -0.2) is 0 Å². The number of ketones is 1. The lowest BCUT2D eigenvalue weighted by atomic mass is 10.0. The predicted octanol–water partition coefficient (Wildman–Crippen LogP) is 2.25. The van der Waals surface area contributed by atoms with Gasteiger partial charge < -0.3 is 4.90 Å². The molecule has 0 saturated heterocycles. The number of Topliss-reactive ketones (excluding diaryl/α,β-unsaturated/α-hetero) is 1. The monoisotopic (exact) mass is 241 g/mol. The molecule has 0 atom stereocenters. The number of benzene rings is 1. The fourth-order valence-electron chi connectivity index (χ4n) is 2.31. The number of carbonyl (C=O) groups is 2. The lowest BCUT2D eigenvalue weighted by molar-refractivity contribution is -0.114. The number of anilines is 1. The first kappa shape index (κ1) is 12.4. The van der Waals surface area contributed by atoms with E-state index >= 15 is 0 Å². The molecular weight excluding hydrogens is 226 g/mol. The molecule has 18 heavy (non-hydrogen) atoms. The van der Waals surface area contributed by atoms with Crippen LogP contribution in [0.5, 0.6) is 0 Å². The molecule has 1 aliphatic rings. The fraction of sp³-hybridized carbons (Fsp3) is 0.333. The van der Waals surface area contributed by atoms with Crippen molar-refractivity contribution in [3.8, 4) is 12.3 Å². The molecule has 0 radical (unpaired) electrons. The molecule has 1 aromatic carbocycles. The molecule has 3 nitrogen and oxygen atoms in total. The SMILES string of the molecule is C#CCCCN1C(=O)C(=O)c2c(C)ccc(C)c21. The van der Waals surface area contributed by atoms with Crippen molar-refractivity contribution in [2.75, 3.05) is 11.4 Å². The third-order valence-electron chi connectivity index (χ3n) is 3.23. The molecule has 0 saturated carbocycles. The van der Waals surface area contributed by atoms with Gasteiger partial charge in [0, 0.05) is 13.0 Å². The van der Waals surface area contributed by atoms with Crippen LogP contribution in [-0.2, 0) is 4.79 Å². The number of unbranched alkanes of at least 4 members (excludes halogenated alkanes) is 1. The third-order valence-corrected chi connectivity index (χ3v) is 3.23. The van der Waals surface area contributed by atoms with Crippen molar-refractivity contribution in [1.82, 2.24) is 0 Å². The number of rotatable bonds is 3. The van der Waals surface area contributed by atoms with Gasteiger partial charge >= 0.3 is 0 Å². The van der Waals surface area contributed by atoms with Gasteiger partial charge in [0.1, 0.15) is 0 Å². The van der Waals surface area contributed by atoms with Crippen molar-refractivity contribution >= 4 is 17.4 Å². The average molecular weight is 241 g/mol. The van der Waals surface area contributed by atoms with Crippen LogP contribution in [-0.4, -0.2) is 18.2 Å². The van der Waals surface area contributed by atoms with E-state index in [0.717, 1.165) is 16.8 Å². The minimum atomic E-state index is -0.431. The zero-order valence-electron chi connectivity index (χ0n) is 10.6. The molecule has 0 spiro atoms. The van der Waals surface area contributed by atoms with Crippen LogP contribution < -0.4 is 4.90 Å². The molecule has 3 heteroatoms. The Morgan fingerprint density at radius 2 is 1.89 bits per heavy atom. The molecule has 1 heterocycles. The predicted molar refractivity (Wildman–Crippen MR) is 70.7 cm³/mol. The Kier molecular flexibility index (Phi) is 3.20. The molecule has 92 valence electrons. The van der Waals surface area contributed by atoms with Crippen LogP contribution >= 0.6 is 0 Å². The molecule has 0 bridgehead atoms. The Morgan fingerprint density at radius 3 is 2.56 bits per heavy atom. The maximum absolute atomic E-state index is 12.0. The fourth-order valence-corrected chi connectivity index (χ4v) is 2.31. The summed E-state index contributed by atoms with van der Waals surface area (Å²) in [4.78, 5) is 25.5. The molecule has 1 amide bonds. The lowest BCUT2D eigenvalue weighted by Crippen LogP contribution is -2.30. The summed E-state index contributed by atoms with van der Waals surface area (Å²) in [5.41, 5.74) is 3.13. The summed E-state index contributed by atoms with van der Waals surface area (Å²) in [5.74, 6) is 1.72. The number of aryl methyl sites for hydroxylation is 2. The van der Waals surface area contributed by atoms with Gasteiger partial charge in [-0.1, -0.05) is 12.1 Å². The van der Waals surface area contributed by atoms with Gasteiger partial charge in [0.2, 0.25) is 0 Å². The van der Waals surface area contributed by atoms with Gasteiger partial charge in [-0.05, 0) is 31.4 Å². The van der Waals surface area contributed by atoms with Gasteiger partial charge in [-0.15, -0.1) is 12.3 Å². The minimum Gasteiger partial charge on any atom is -0.304 e. The van der Waals surface area contributed by atoms with Crippen molar-refractivity contribution < 1.29 is 9.59 Å². The Bertz CT molecular complexity index is 567. The second-order valence-electron chi connectivity index (χ2n) is 4.52. The quantitative estimate of drug-likeness (QED) is 0.462. The molecule has 1 aromatic rings. The smallest absolute Gasteiger partial charge is 0.299 e. The van der Waals surface area contributed by atoms with E-state index in [9.17, 15) is 9.59 Å². The van der Waals surface area contributed by atoms with E-state index in [-0.39, 0.29) is 0 Å². The summed E-state index contributed by atoms with van der Waals surface area (Å²) < 4.78 is 0. The van der Waals surface area contributed by atoms with E-state index in [1.807, 2.05) is 26.0 Å². The van der Waals surface area contributed by atoms with Crippen molar-refractivity contribution in [2.45, 2.75) is 26.7 Å². The molecule has 2 rings (SSSR count). The highest BCUT2D eigenvalue weighted by atomic mass is 16.2. The summed E-state index contributed by atoms with van der Waals surface area (Å²) >= 11 is 0. The number of amides is 1. The third kappa shape index (κ3) is 1.80. The molecule has 0 aromatic heterocycles. The van der Waals surface area contributed by atoms with E-state index in [1.165, 1.54) is 0 Å². The van der Waals surface area contributed by atoms with E-state index in [2.05, 4.69) is 5.92 Å². The van der Waals surface area contributed by atoms with Crippen LogP contribution in [0.1, 0.15) is 34.3 Å². The molecule has 0 N–H and O–H groups in total. The molecule has 0 fully saturated rings. The van der Waals surface area contributed by atoms with E-state index in [1.54, 1.807) is 4.90 Å². The van der Waals surface area contributed by atoms with Crippen LogP contribution in [0.3, 0.4) is 0 Å². The van der Waals surface area contributed by atoms with E-state index in [4.69, 9.17) is 6.42 Å². The molecular formula is C15H15NO2. The summed E-state index contributed by atoms with van der Waals surface area (Å²) in [5, 5.41) is 0. The van der Waals surface area contributed by atoms with Crippen molar-refractivity contribution in [3.63, 3.8) is 0 Å². The number of hydrogen-bond acceptors (Lipinski definition) is 2. The van der Waals surface area contributed by atoms with Crippen LogP contribution in [0.2, 0.25) is 0 Å². The topological polar surface area (TPSA) is 37.4 Å².